The number of nitrogens with one attached hydrogen (secondary N) is 1. The van der Waals surface area contributed by atoms with E-state index in [2.05, 4.69) is 12.2 Å². The fourth-order valence-corrected chi connectivity index (χ4v) is 2.58. The number of amides is 1. The van der Waals surface area contributed by atoms with Crippen LogP contribution in [-0.2, 0) is 20.9 Å². The highest BCUT2D eigenvalue weighted by molar-refractivity contribution is 7.80. The van der Waals surface area contributed by atoms with Crippen LogP contribution in [0.15, 0.2) is 30.3 Å². The quantitative estimate of drug-likeness (QED) is 0.392. The standard InChI is InChI=1S/C19H28N2O3S/c1-3-5-7-12-17(22)20-19(25)21(14-13-18(23)24-4-2)15-16-10-8-6-9-11-16/h6,8-11H,3-5,7,12-15H2,1-2H3,(H,20,22,25). The molecule has 0 atom stereocenters. The van der Waals surface area contributed by atoms with Gasteiger partial charge in [-0.2, -0.15) is 0 Å². The van der Waals surface area contributed by atoms with Crippen molar-refractivity contribution in [1.82, 2.24) is 10.2 Å². The molecule has 0 unspecified atom stereocenters. The summed E-state index contributed by atoms with van der Waals surface area (Å²) in [6.45, 7) is 5.17. The van der Waals surface area contributed by atoms with Crippen LogP contribution in [0.25, 0.3) is 0 Å². The molecule has 0 aliphatic carbocycles. The molecule has 1 N–H and O–H groups in total. The van der Waals surface area contributed by atoms with Crippen molar-refractivity contribution in [1.29, 1.82) is 0 Å². The molecule has 1 rings (SSSR count). The van der Waals surface area contributed by atoms with Gasteiger partial charge in [0.1, 0.15) is 0 Å². The highest BCUT2D eigenvalue weighted by atomic mass is 32.1. The predicted octanol–water partition coefficient (Wildman–Crippen LogP) is 3.42. The summed E-state index contributed by atoms with van der Waals surface area (Å²) >= 11 is 5.39. The second-order valence-electron chi connectivity index (χ2n) is 5.77. The van der Waals surface area contributed by atoms with E-state index in [1.54, 1.807) is 6.92 Å². The van der Waals surface area contributed by atoms with Crippen molar-refractivity contribution in [3.8, 4) is 0 Å². The number of carbonyl (C=O) groups is 2. The molecule has 1 amide bonds. The summed E-state index contributed by atoms with van der Waals surface area (Å²) in [5.41, 5.74) is 1.06. The van der Waals surface area contributed by atoms with E-state index < -0.39 is 0 Å². The van der Waals surface area contributed by atoms with E-state index in [1.807, 2.05) is 35.2 Å². The molecular weight excluding hydrogens is 336 g/mol. The van der Waals surface area contributed by atoms with Crippen LogP contribution in [0.1, 0.15) is 51.5 Å². The van der Waals surface area contributed by atoms with Crippen molar-refractivity contribution in [2.45, 2.75) is 52.5 Å². The zero-order valence-electron chi connectivity index (χ0n) is 15.1. The van der Waals surface area contributed by atoms with Crippen LogP contribution in [0.4, 0.5) is 0 Å². The number of carbonyl (C=O) groups excluding carboxylic acids is 2. The fourth-order valence-electron chi connectivity index (χ4n) is 2.31. The van der Waals surface area contributed by atoms with Crippen LogP contribution >= 0.6 is 12.2 Å². The van der Waals surface area contributed by atoms with Gasteiger partial charge in [-0.3, -0.25) is 9.59 Å². The molecule has 6 heteroatoms. The van der Waals surface area contributed by atoms with Gasteiger partial charge < -0.3 is 15.0 Å². The van der Waals surface area contributed by atoms with Gasteiger partial charge in [0.15, 0.2) is 5.11 Å². The molecule has 0 saturated heterocycles. The van der Waals surface area contributed by atoms with Gasteiger partial charge in [-0.25, -0.2) is 0 Å². The molecule has 0 spiro atoms. The Bertz CT molecular complexity index is 549. The van der Waals surface area contributed by atoms with Gasteiger partial charge in [-0.05, 0) is 31.1 Å². The lowest BCUT2D eigenvalue weighted by molar-refractivity contribution is -0.143. The zero-order chi connectivity index (χ0) is 18.5. The Kier molecular flexibility index (Phi) is 10.5. The van der Waals surface area contributed by atoms with E-state index in [9.17, 15) is 9.59 Å². The topological polar surface area (TPSA) is 58.6 Å². The summed E-state index contributed by atoms with van der Waals surface area (Å²) in [4.78, 5) is 25.5. The number of ether oxygens (including phenoxy) is 1. The fraction of sp³-hybridized carbons (Fsp3) is 0.526. The van der Waals surface area contributed by atoms with Crippen LogP contribution in [0.3, 0.4) is 0 Å². The van der Waals surface area contributed by atoms with Gasteiger partial charge in [0.25, 0.3) is 0 Å². The molecule has 0 bridgehead atoms. The first-order valence-electron chi connectivity index (χ1n) is 8.85. The molecule has 0 fully saturated rings. The number of rotatable bonds is 10. The molecule has 25 heavy (non-hydrogen) atoms. The minimum Gasteiger partial charge on any atom is -0.466 e. The SMILES string of the molecule is CCCCCC(=O)NC(=S)N(CCC(=O)OCC)Cc1ccccc1. The predicted molar refractivity (Wildman–Crippen MR) is 103 cm³/mol. The zero-order valence-corrected chi connectivity index (χ0v) is 15.9. The number of esters is 1. The van der Waals surface area contributed by atoms with Gasteiger partial charge in [0, 0.05) is 19.5 Å². The van der Waals surface area contributed by atoms with Crippen molar-refractivity contribution in [2.75, 3.05) is 13.2 Å². The summed E-state index contributed by atoms with van der Waals surface area (Å²) in [7, 11) is 0. The molecule has 1 aromatic rings. The number of thiocarbonyl (C=S) groups is 1. The van der Waals surface area contributed by atoms with Crippen molar-refractivity contribution in [3.63, 3.8) is 0 Å². The van der Waals surface area contributed by atoms with E-state index >= 15 is 0 Å². The Morgan fingerprint density at radius 2 is 1.84 bits per heavy atom. The molecular formula is C19H28N2O3S. The third kappa shape index (κ3) is 9.19. The lowest BCUT2D eigenvalue weighted by Gasteiger charge is -2.25. The van der Waals surface area contributed by atoms with Gasteiger partial charge in [0.05, 0.1) is 13.0 Å². The molecule has 5 nitrogen and oxygen atoms in total. The first-order valence-corrected chi connectivity index (χ1v) is 9.26. The average molecular weight is 365 g/mol. The van der Waals surface area contributed by atoms with Gasteiger partial charge >= 0.3 is 5.97 Å². The summed E-state index contributed by atoms with van der Waals surface area (Å²) in [5.74, 6) is -0.342. The van der Waals surface area contributed by atoms with Crippen molar-refractivity contribution in [2.24, 2.45) is 0 Å². The average Bonchev–Trinajstić information content (AvgIpc) is 2.59. The Balaban J connectivity index is 2.63. The van der Waals surface area contributed by atoms with E-state index in [4.69, 9.17) is 17.0 Å². The lowest BCUT2D eigenvalue weighted by Crippen LogP contribution is -2.43. The molecule has 138 valence electrons. The maximum absolute atomic E-state index is 12.0. The minimum absolute atomic E-state index is 0.0763. The minimum atomic E-state index is -0.266. The summed E-state index contributed by atoms with van der Waals surface area (Å²) in [6, 6.07) is 9.82. The summed E-state index contributed by atoms with van der Waals surface area (Å²) < 4.78 is 4.97. The first-order chi connectivity index (χ1) is 12.1. The van der Waals surface area contributed by atoms with E-state index in [1.165, 1.54) is 0 Å². The van der Waals surface area contributed by atoms with E-state index in [0.29, 0.717) is 31.2 Å². The number of hydrogen-bond acceptors (Lipinski definition) is 4. The van der Waals surface area contributed by atoms with Crippen molar-refractivity contribution >= 4 is 29.2 Å². The van der Waals surface area contributed by atoms with Gasteiger partial charge in [-0.1, -0.05) is 50.1 Å². The third-order valence-corrected chi connectivity index (χ3v) is 4.01. The Morgan fingerprint density at radius 1 is 1.12 bits per heavy atom. The Labute approximate surface area is 155 Å². The van der Waals surface area contributed by atoms with Crippen LogP contribution in [0.2, 0.25) is 0 Å². The lowest BCUT2D eigenvalue weighted by atomic mass is 10.2. The Hall–Kier alpha value is -1.95. The molecule has 1 aromatic carbocycles. The third-order valence-electron chi connectivity index (χ3n) is 3.65. The van der Waals surface area contributed by atoms with Crippen LogP contribution in [0, 0.1) is 0 Å². The molecule has 0 saturated carbocycles. The monoisotopic (exact) mass is 364 g/mol. The van der Waals surface area contributed by atoms with Crippen molar-refractivity contribution in [3.05, 3.63) is 35.9 Å². The van der Waals surface area contributed by atoms with E-state index in [-0.39, 0.29) is 18.3 Å². The Morgan fingerprint density at radius 3 is 2.48 bits per heavy atom. The van der Waals surface area contributed by atoms with Crippen LogP contribution in [-0.4, -0.2) is 35.0 Å². The molecule has 0 aromatic heterocycles. The van der Waals surface area contributed by atoms with Gasteiger partial charge in [-0.15, -0.1) is 0 Å². The highest BCUT2D eigenvalue weighted by Gasteiger charge is 2.15. The highest BCUT2D eigenvalue weighted by Crippen LogP contribution is 2.07. The van der Waals surface area contributed by atoms with Gasteiger partial charge in [0.2, 0.25) is 5.91 Å². The largest absolute Gasteiger partial charge is 0.466 e. The van der Waals surface area contributed by atoms with E-state index in [0.717, 1.165) is 24.8 Å². The number of hydrogen-bond donors (Lipinski definition) is 1. The normalized spacial score (nSPS) is 10.2. The van der Waals surface area contributed by atoms with Crippen LogP contribution < -0.4 is 5.32 Å². The first kappa shape index (κ1) is 21.1. The molecule has 0 aliphatic heterocycles. The smallest absolute Gasteiger partial charge is 0.307 e. The number of unbranched alkanes of at least 4 members (excludes halogenated alkanes) is 2. The second kappa shape index (κ2) is 12.4. The maximum atomic E-state index is 12.0. The number of benzene rings is 1. The van der Waals surface area contributed by atoms with Crippen molar-refractivity contribution < 1.29 is 14.3 Å². The maximum Gasteiger partial charge on any atom is 0.307 e. The molecule has 0 aliphatic rings. The second-order valence-corrected chi connectivity index (χ2v) is 6.16. The summed E-state index contributed by atoms with van der Waals surface area (Å²) in [5, 5.41) is 3.14. The number of nitrogens with zero attached hydrogens (tertiary/aromatic N) is 1. The van der Waals surface area contributed by atoms with Crippen LogP contribution in [0.5, 0.6) is 0 Å². The molecule has 0 radical (unpaired) electrons. The summed E-state index contributed by atoms with van der Waals surface area (Å²) in [6.07, 6.45) is 3.64. The molecule has 0 heterocycles.